The van der Waals surface area contributed by atoms with E-state index in [-0.39, 0.29) is 12.4 Å². The van der Waals surface area contributed by atoms with Gasteiger partial charge < -0.3 is 25.2 Å². The monoisotopic (exact) mass is 241 g/mol. The molecule has 0 radical (unpaired) electrons. The molecule has 0 aliphatic rings. The molecule has 0 aliphatic heterocycles. The van der Waals surface area contributed by atoms with Gasteiger partial charge in [-0.2, -0.15) is 0 Å². The number of phenolic OH excluding ortho intramolecular Hbond substituents is 1. The standard InChI is InChI=1S/C12H20N2O3/c1-14(2,3)7-10(15)8-17-12-5-4-9(13)6-11(12)16/h4-6,10,15H,7-8,13H2,1-3H3/p+1. The largest absolute Gasteiger partial charge is 0.504 e. The third kappa shape index (κ3) is 4.93. The van der Waals surface area contributed by atoms with Gasteiger partial charge in [-0.25, -0.2) is 0 Å². The van der Waals surface area contributed by atoms with Crippen molar-refractivity contribution in [1.29, 1.82) is 0 Å². The maximum atomic E-state index is 9.74. The van der Waals surface area contributed by atoms with E-state index in [1.165, 1.54) is 6.07 Å². The highest BCUT2D eigenvalue weighted by Crippen LogP contribution is 2.27. The van der Waals surface area contributed by atoms with Gasteiger partial charge in [0.2, 0.25) is 0 Å². The molecule has 1 unspecified atom stereocenters. The lowest BCUT2D eigenvalue weighted by Crippen LogP contribution is -2.43. The molecule has 0 bridgehead atoms. The summed E-state index contributed by atoms with van der Waals surface area (Å²) in [5.41, 5.74) is 5.97. The first-order valence-corrected chi connectivity index (χ1v) is 5.48. The van der Waals surface area contributed by atoms with E-state index in [9.17, 15) is 10.2 Å². The van der Waals surface area contributed by atoms with E-state index in [4.69, 9.17) is 10.5 Å². The van der Waals surface area contributed by atoms with Gasteiger partial charge in [-0.3, -0.25) is 0 Å². The van der Waals surface area contributed by atoms with Crippen molar-refractivity contribution in [3.8, 4) is 11.5 Å². The first-order chi connectivity index (χ1) is 7.78. The first-order valence-electron chi connectivity index (χ1n) is 5.48. The molecule has 17 heavy (non-hydrogen) atoms. The van der Waals surface area contributed by atoms with Gasteiger partial charge >= 0.3 is 0 Å². The van der Waals surface area contributed by atoms with Crippen molar-refractivity contribution >= 4 is 5.69 Å². The number of quaternary nitrogens is 1. The van der Waals surface area contributed by atoms with E-state index in [2.05, 4.69) is 0 Å². The second kappa shape index (κ2) is 5.25. The van der Waals surface area contributed by atoms with Crippen LogP contribution < -0.4 is 10.5 Å². The van der Waals surface area contributed by atoms with Crippen molar-refractivity contribution in [2.45, 2.75) is 6.10 Å². The van der Waals surface area contributed by atoms with Crippen LogP contribution in [0.3, 0.4) is 0 Å². The van der Waals surface area contributed by atoms with Crippen LogP contribution in [0.25, 0.3) is 0 Å². The van der Waals surface area contributed by atoms with Crippen molar-refractivity contribution in [3.63, 3.8) is 0 Å². The molecule has 96 valence electrons. The number of phenols is 1. The Morgan fingerprint density at radius 2 is 2.00 bits per heavy atom. The summed E-state index contributed by atoms with van der Waals surface area (Å²) in [5, 5.41) is 19.3. The average Bonchev–Trinajstić information content (AvgIpc) is 2.13. The number of ether oxygens (including phenoxy) is 1. The number of likely N-dealkylation sites (N-methyl/N-ethyl adjacent to an activating group) is 1. The fourth-order valence-corrected chi connectivity index (χ4v) is 1.53. The molecular formula is C12H21N2O3+. The second-order valence-corrected chi connectivity index (χ2v) is 5.16. The minimum Gasteiger partial charge on any atom is -0.504 e. The highest BCUT2D eigenvalue weighted by atomic mass is 16.5. The van der Waals surface area contributed by atoms with Crippen molar-refractivity contribution < 1.29 is 19.4 Å². The first kappa shape index (κ1) is 13.6. The number of nitrogens with zero attached hydrogens (tertiary/aromatic N) is 1. The van der Waals surface area contributed by atoms with Crippen LogP contribution in [0.15, 0.2) is 18.2 Å². The molecule has 0 aromatic heterocycles. The number of rotatable bonds is 5. The predicted molar refractivity (Wildman–Crippen MR) is 66.9 cm³/mol. The van der Waals surface area contributed by atoms with Crippen molar-refractivity contribution in [2.24, 2.45) is 0 Å². The SMILES string of the molecule is C[N+](C)(C)CC(O)COc1ccc(N)cc1O. The Morgan fingerprint density at radius 1 is 1.35 bits per heavy atom. The average molecular weight is 241 g/mol. The normalized spacial score (nSPS) is 13.4. The van der Waals surface area contributed by atoms with Crippen LogP contribution in [0.4, 0.5) is 5.69 Å². The van der Waals surface area contributed by atoms with Gasteiger partial charge in [0.25, 0.3) is 0 Å². The van der Waals surface area contributed by atoms with Gasteiger partial charge in [0.1, 0.15) is 19.3 Å². The van der Waals surface area contributed by atoms with Crippen LogP contribution in [0.5, 0.6) is 11.5 Å². The molecule has 0 aliphatic carbocycles. The molecule has 5 heteroatoms. The number of anilines is 1. The molecule has 1 aromatic rings. The highest BCUT2D eigenvalue weighted by Gasteiger charge is 2.16. The summed E-state index contributed by atoms with van der Waals surface area (Å²) in [6, 6.07) is 4.64. The minimum atomic E-state index is -0.577. The van der Waals surface area contributed by atoms with Crippen molar-refractivity contribution in [3.05, 3.63) is 18.2 Å². The summed E-state index contributed by atoms with van der Waals surface area (Å²) < 4.78 is 5.98. The Balaban J connectivity index is 2.50. The van der Waals surface area contributed by atoms with Gasteiger partial charge in [0.15, 0.2) is 11.5 Å². The van der Waals surface area contributed by atoms with Crippen LogP contribution in [-0.4, -0.2) is 55.1 Å². The number of nitrogen functional groups attached to an aromatic ring is 1. The summed E-state index contributed by atoms with van der Waals surface area (Å²) >= 11 is 0. The highest BCUT2D eigenvalue weighted by molar-refractivity contribution is 5.51. The summed E-state index contributed by atoms with van der Waals surface area (Å²) in [7, 11) is 5.97. The number of hydrogen-bond acceptors (Lipinski definition) is 4. The molecule has 1 rings (SSSR count). The predicted octanol–water partition coefficient (Wildman–Crippen LogP) is 0.420. The van der Waals surface area contributed by atoms with E-state index in [0.29, 0.717) is 22.5 Å². The Morgan fingerprint density at radius 3 is 2.53 bits per heavy atom. The molecule has 0 heterocycles. The number of benzene rings is 1. The quantitative estimate of drug-likeness (QED) is 0.516. The third-order valence-corrected chi connectivity index (χ3v) is 2.17. The number of aliphatic hydroxyl groups is 1. The molecular weight excluding hydrogens is 220 g/mol. The Hall–Kier alpha value is -1.46. The fourth-order valence-electron chi connectivity index (χ4n) is 1.53. The molecule has 4 N–H and O–H groups in total. The lowest BCUT2D eigenvalue weighted by molar-refractivity contribution is -0.873. The molecule has 1 aromatic carbocycles. The summed E-state index contributed by atoms with van der Waals surface area (Å²) in [5.74, 6) is 0.321. The molecule has 0 amide bonds. The maximum absolute atomic E-state index is 9.74. The third-order valence-electron chi connectivity index (χ3n) is 2.17. The fraction of sp³-hybridized carbons (Fsp3) is 0.500. The van der Waals surface area contributed by atoms with E-state index in [0.717, 1.165) is 0 Å². The van der Waals surface area contributed by atoms with Crippen LogP contribution in [-0.2, 0) is 0 Å². The van der Waals surface area contributed by atoms with E-state index in [1.807, 2.05) is 21.1 Å². The molecule has 5 nitrogen and oxygen atoms in total. The lowest BCUT2D eigenvalue weighted by atomic mass is 10.3. The Kier molecular flexibility index (Phi) is 4.20. The molecule has 0 spiro atoms. The molecule has 0 saturated carbocycles. The topological polar surface area (TPSA) is 75.7 Å². The van der Waals surface area contributed by atoms with E-state index < -0.39 is 6.10 Å². The van der Waals surface area contributed by atoms with Crippen LogP contribution in [0.1, 0.15) is 0 Å². The number of aliphatic hydroxyl groups excluding tert-OH is 1. The van der Waals surface area contributed by atoms with Crippen molar-refractivity contribution in [1.82, 2.24) is 0 Å². The maximum Gasteiger partial charge on any atom is 0.161 e. The zero-order valence-electron chi connectivity index (χ0n) is 10.6. The van der Waals surface area contributed by atoms with Crippen LogP contribution >= 0.6 is 0 Å². The minimum absolute atomic E-state index is 0.0116. The zero-order valence-corrected chi connectivity index (χ0v) is 10.6. The smallest absolute Gasteiger partial charge is 0.161 e. The summed E-state index contributed by atoms with van der Waals surface area (Å²) in [6.07, 6.45) is -0.577. The van der Waals surface area contributed by atoms with Gasteiger partial charge in [-0.05, 0) is 12.1 Å². The number of hydrogen-bond donors (Lipinski definition) is 3. The Labute approximate surface area is 102 Å². The number of aromatic hydroxyl groups is 1. The van der Waals surface area contributed by atoms with Gasteiger partial charge in [0.05, 0.1) is 21.1 Å². The zero-order chi connectivity index (χ0) is 13.1. The van der Waals surface area contributed by atoms with E-state index >= 15 is 0 Å². The van der Waals surface area contributed by atoms with Crippen LogP contribution in [0.2, 0.25) is 0 Å². The second-order valence-electron chi connectivity index (χ2n) is 5.16. The summed E-state index contributed by atoms with van der Waals surface area (Å²) in [4.78, 5) is 0. The lowest BCUT2D eigenvalue weighted by Gasteiger charge is -2.26. The summed E-state index contributed by atoms with van der Waals surface area (Å²) in [6.45, 7) is 0.725. The Bertz CT molecular complexity index is 375. The number of nitrogens with two attached hydrogens (primary N) is 1. The molecule has 0 saturated heterocycles. The molecule has 1 atom stereocenters. The van der Waals surface area contributed by atoms with Crippen LogP contribution in [0, 0.1) is 0 Å². The molecule has 0 fully saturated rings. The van der Waals surface area contributed by atoms with Gasteiger partial charge in [0, 0.05) is 11.8 Å². The van der Waals surface area contributed by atoms with E-state index in [1.54, 1.807) is 12.1 Å². The van der Waals surface area contributed by atoms with Crippen molar-refractivity contribution in [2.75, 3.05) is 40.0 Å². The van der Waals surface area contributed by atoms with Gasteiger partial charge in [-0.1, -0.05) is 0 Å². The van der Waals surface area contributed by atoms with Gasteiger partial charge in [-0.15, -0.1) is 0 Å².